The Morgan fingerprint density at radius 1 is 1.35 bits per heavy atom. The quantitative estimate of drug-likeness (QED) is 0.784. The maximum Gasteiger partial charge on any atom is 0.273 e. The maximum absolute atomic E-state index is 12.9. The molecule has 0 unspecified atom stereocenters. The van der Waals surface area contributed by atoms with E-state index in [1.165, 1.54) is 23.0 Å². The van der Waals surface area contributed by atoms with Gasteiger partial charge >= 0.3 is 0 Å². The summed E-state index contributed by atoms with van der Waals surface area (Å²) in [4.78, 5) is 12.2. The fraction of sp³-hybridized carbons (Fsp3) is 0.188. The summed E-state index contributed by atoms with van der Waals surface area (Å²) in [5, 5.41) is 10.6. The lowest BCUT2D eigenvalue weighted by molar-refractivity contribution is 0.0934. The van der Waals surface area contributed by atoms with E-state index >= 15 is 0 Å². The number of furan rings is 1. The van der Waals surface area contributed by atoms with Gasteiger partial charge in [0.15, 0.2) is 5.69 Å². The van der Waals surface area contributed by atoms with Crippen LogP contribution >= 0.6 is 0 Å². The van der Waals surface area contributed by atoms with Crippen molar-refractivity contribution >= 4 is 5.91 Å². The smallest absolute Gasteiger partial charge is 0.273 e. The van der Waals surface area contributed by atoms with Crippen LogP contribution in [0.25, 0.3) is 5.69 Å². The molecular formula is C16H15FN4O2. The number of benzene rings is 1. The van der Waals surface area contributed by atoms with Crippen molar-refractivity contribution in [3.05, 3.63) is 66.1 Å². The van der Waals surface area contributed by atoms with E-state index in [0.29, 0.717) is 12.1 Å². The Morgan fingerprint density at radius 3 is 2.83 bits per heavy atom. The highest BCUT2D eigenvalue weighted by Crippen LogP contribution is 2.09. The average Bonchev–Trinajstić information content (AvgIpc) is 3.19. The Morgan fingerprint density at radius 2 is 2.13 bits per heavy atom. The Hall–Kier alpha value is -2.96. The van der Waals surface area contributed by atoms with Crippen LogP contribution in [0.4, 0.5) is 4.39 Å². The van der Waals surface area contributed by atoms with E-state index in [2.05, 4.69) is 15.6 Å². The predicted octanol–water partition coefficient (Wildman–Crippen LogP) is 2.36. The number of hydrogen-bond donors (Lipinski definition) is 1. The monoisotopic (exact) mass is 314 g/mol. The molecule has 3 aromatic rings. The fourth-order valence-electron chi connectivity index (χ4n) is 2.17. The van der Waals surface area contributed by atoms with E-state index in [4.69, 9.17) is 4.42 Å². The minimum atomic E-state index is -0.335. The van der Waals surface area contributed by atoms with Gasteiger partial charge in [-0.25, -0.2) is 9.07 Å². The molecule has 2 aromatic heterocycles. The van der Waals surface area contributed by atoms with E-state index in [0.717, 1.165) is 5.76 Å². The van der Waals surface area contributed by atoms with Crippen LogP contribution in [0.1, 0.15) is 23.2 Å². The summed E-state index contributed by atoms with van der Waals surface area (Å²) in [6.45, 7) is 1.88. The molecule has 0 saturated carbocycles. The zero-order chi connectivity index (χ0) is 16.2. The van der Waals surface area contributed by atoms with Crippen molar-refractivity contribution in [2.75, 3.05) is 0 Å². The molecule has 118 valence electrons. The number of halogens is 1. The molecule has 1 amide bonds. The third-order valence-electron chi connectivity index (χ3n) is 3.28. The minimum absolute atomic E-state index is 0.107. The van der Waals surface area contributed by atoms with Gasteiger partial charge in [0.1, 0.15) is 11.6 Å². The first-order valence-electron chi connectivity index (χ1n) is 7.13. The number of aromatic nitrogens is 3. The first-order chi connectivity index (χ1) is 11.1. The van der Waals surface area contributed by atoms with Gasteiger partial charge < -0.3 is 9.73 Å². The molecule has 3 rings (SSSR count). The molecule has 0 aliphatic rings. The summed E-state index contributed by atoms with van der Waals surface area (Å²) in [6, 6.07) is 9.32. The summed E-state index contributed by atoms with van der Waals surface area (Å²) < 4.78 is 19.6. The molecule has 0 fully saturated rings. The van der Waals surface area contributed by atoms with Crippen LogP contribution < -0.4 is 5.32 Å². The largest absolute Gasteiger partial charge is 0.469 e. The molecule has 0 aliphatic carbocycles. The molecular weight excluding hydrogens is 299 g/mol. The van der Waals surface area contributed by atoms with Crippen molar-refractivity contribution in [2.24, 2.45) is 0 Å². The first kappa shape index (κ1) is 15.0. The van der Waals surface area contributed by atoms with Gasteiger partial charge in [-0.3, -0.25) is 4.79 Å². The number of nitrogens with zero attached hydrogens (tertiary/aromatic N) is 3. The maximum atomic E-state index is 12.9. The summed E-state index contributed by atoms with van der Waals surface area (Å²) in [5.41, 5.74) is 0.821. The van der Waals surface area contributed by atoms with Crippen molar-refractivity contribution in [3.8, 4) is 5.69 Å². The number of carbonyl (C=O) groups is 1. The van der Waals surface area contributed by atoms with Crippen molar-refractivity contribution in [1.29, 1.82) is 0 Å². The van der Waals surface area contributed by atoms with Gasteiger partial charge in [0, 0.05) is 12.5 Å². The zero-order valence-corrected chi connectivity index (χ0v) is 12.4. The van der Waals surface area contributed by atoms with Crippen molar-refractivity contribution in [3.63, 3.8) is 0 Å². The summed E-state index contributed by atoms with van der Waals surface area (Å²) >= 11 is 0. The van der Waals surface area contributed by atoms with Crippen molar-refractivity contribution < 1.29 is 13.6 Å². The molecule has 6 nitrogen and oxygen atoms in total. The molecule has 7 heteroatoms. The lowest BCUT2D eigenvalue weighted by Gasteiger charge is -2.10. The molecule has 2 heterocycles. The second kappa shape index (κ2) is 6.43. The number of nitrogens with one attached hydrogen (secondary N) is 1. The summed E-state index contributed by atoms with van der Waals surface area (Å²) in [7, 11) is 0. The van der Waals surface area contributed by atoms with E-state index in [9.17, 15) is 9.18 Å². The van der Waals surface area contributed by atoms with Crippen LogP contribution in [0.15, 0.2) is 53.3 Å². The highest BCUT2D eigenvalue weighted by Gasteiger charge is 2.15. The second-order valence-electron chi connectivity index (χ2n) is 5.18. The average molecular weight is 314 g/mol. The SMILES string of the molecule is C[C@H](Cc1ccco1)NC(=O)c1cn(-c2ccc(F)cc2)nn1. The van der Waals surface area contributed by atoms with Crippen LogP contribution in [-0.2, 0) is 6.42 Å². The lowest BCUT2D eigenvalue weighted by atomic mass is 10.2. The minimum Gasteiger partial charge on any atom is -0.469 e. The van der Waals surface area contributed by atoms with E-state index in [-0.39, 0.29) is 23.5 Å². The Balaban J connectivity index is 1.65. The van der Waals surface area contributed by atoms with Crippen LogP contribution in [0.3, 0.4) is 0 Å². The summed E-state index contributed by atoms with van der Waals surface area (Å²) in [5.74, 6) is 0.142. The van der Waals surface area contributed by atoms with Gasteiger partial charge in [0.25, 0.3) is 5.91 Å². The highest BCUT2D eigenvalue weighted by atomic mass is 19.1. The van der Waals surface area contributed by atoms with Crippen molar-refractivity contribution in [1.82, 2.24) is 20.3 Å². The molecule has 0 saturated heterocycles. The van der Waals surface area contributed by atoms with Crippen LogP contribution in [-0.4, -0.2) is 26.9 Å². The van der Waals surface area contributed by atoms with Gasteiger partial charge in [-0.15, -0.1) is 5.10 Å². The Kier molecular flexibility index (Phi) is 4.18. The normalized spacial score (nSPS) is 12.1. The molecule has 0 spiro atoms. The zero-order valence-electron chi connectivity index (χ0n) is 12.4. The van der Waals surface area contributed by atoms with E-state index in [1.807, 2.05) is 13.0 Å². The second-order valence-corrected chi connectivity index (χ2v) is 5.18. The number of rotatable bonds is 5. The molecule has 1 N–H and O–H groups in total. The van der Waals surface area contributed by atoms with Gasteiger partial charge in [-0.2, -0.15) is 0 Å². The van der Waals surface area contributed by atoms with Crippen LogP contribution in [0, 0.1) is 5.82 Å². The standard InChI is InChI=1S/C16H15FN4O2/c1-11(9-14-3-2-8-23-14)18-16(22)15-10-21(20-19-15)13-6-4-12(17)5-7-13/h2-8,10-11H,9H2,1H3,(H,18,22)/t11-/m1/s1. The Labute approximate surface area is 131 Å². The van der Waals surface area contributed by atoms with Gasteiger partial charge in [0.2, 0.25) is 0 Å². The third-order valence-corrected chi connectivity index (χ3v) is 3.28. The van der Waals surface area contributed by atoms with Gasteiger partial charge in [0.05, 0.1) is 18.1 Å². The van der Waals surface area contributed by atoms with Crippen LogP contribution in [0.5, 0.6) is 0 Å². The van der Waals surface area contributed by atoms with Crippen molar-refractivity contribution in [2.45, 2.75) is 19.4 Å². The molecule has 0 radical (unpaired) electrons. The number of amides is 1. The first-order valence-corrected chi connectivity index (χ1v) is 7.13. The molecule has 1 aromatic carbocycles. The van der Waals surface area contributed by atoms with Crippen LogP contribution in [0.2, 0.25) is 0 Å². The molecule has 23 heavy (non-hydrogen) atoms. The van der Waals surface area contributed by atoms with Gasteiger partial charge in [-0.1, -0.05) is 5.21 Å². The molecule has 0 bridgehead atoms. The molecule has 0 aliphatic heterocycles. The van der Waals surface area contributed by atoms with Gasteiger partial charge in [-0.05, 0) is 43.3 Å². The molecule has 1 atom stereocenters. The van der Waals surface area contributed by atoms with E-state index in [1.54, 1.807) is 24.5 Å². The summed E-state index contributed by atoms with van der Waals surface area (Å²) in [6.07, 6.45) is 3.69. The lowest BCUT2D eigenvalue weighted by Crippen LogP contribution is -2.34. The predicted molar refractivity (Wildman–Crippen MR) is 80.7 cm³/mol. The number of carbonyl (C=O) groups excluding carboxylic acids is 1. The Bertz CT molecular complexity index is 781. The van der Waals surface area contributed by atoms with E-state index < -0.39 is 0 Å². The fourth-order valence-corrected chi connectivity index (χ4v) is 2.17. The number of hydrogen-bond acceptors (Lipinski definition) is 4. The third kappa shape index (κ3) is 3.63. The topological polar surface area (TPSA) is 73.0 Å². The highest BCUT2D eigenvalue weighted by molar-refractivity contribution is 5.92.